The van der Waals surface area contributed by atoms with Crippen molar-refractivity contribution < 1.29 is 13.4 Å². The van der Waals surface area contributed by atoms with Gasteiger partial charge in [0.25, 0.3) is 5.91 Å². The van der Waals surface area contributed by atoms with Gasteiger partial charge in [0.15, 0.2) is 0 Å². The standard InChI is InChI=1S/C11H12FNO2S/c1-4-9-10(12)6-5-7-11(9)16(3,15)13-8(2)14/h4-7H,1H2,2-3H3. The molecule has 0 aliphatic carbocycles. The number of benzene rings is 1. The van der Waals surface area contributed by atoms with Gasteiger partial charge in [-0.3, -0.25) is 4.79 Å². The molecule has 0 N–H and O–H groups in total. The average molecular weight is 241 g/mol. The summed E-state index contributed by atoms with van der Waals surface area (Å²) in [6.45, 7) is 4.66. The summed E-state index contributed by atoms with van der Waals surface area (Å²) in [6, 6.07) is 4.15. The van der Waals surface area contributed by atoms with Gasteiger partial charge in [-0.1, -0.05) is 18.7 Å². The molecule has 5 heteroatoms. The van der Waals surface area contributed by atoms with E-state index in [2.05, 4.69) is 10.9 Å². The second kappa shape index (κ2) is 4.57. The third-order valence-electron chi connectivity index (χ3n) is 1.93. The summed E-state index contributed by atoms with van der Waals surface area (Å²) in [7, 11) is -2.91. The molecule has 0 aromatic heterocycles. The van der Waals surface area contributed by atoms with Crippen LogP contribution in [-0.2, 0) is 14.5 Å². The lowest BCUT2D eigenvalue weighted by atomic mass is 10.2. The van der Waals surface area contributed by atoms with Crippen molar-refractivity contribution in [2.45, 2.75) is 11.8 Å². The van der Waals surface area contributed by atoms with Crippen LogP contribution >= 0.6 is 0 Å². The highest BCUT2D eigenvalue weighted by Crippen LogP contribution is 2.21. The predicted molar refractivity (Wildman–Crippen MR) is 61.9 cm³/mol. The molecular weight excluding hydrogens is 229 g/mol. The van der Waals surface area contributed by atoms with E-state index in [0.29, 0.717) is 0 Å². The van der Waals surface area contributed by atoms with Crippen molar-refractivity contribution in [2.75, 3.05) is 6.26 Å². The first-order chi connectivity index (χ1) is 7.38. The van der Waals surface area contributed by atoms with Crippen LogP contribution in [0, 0.1) is 5.82 Å². The van der Waals surface area contributed by atoms with Crippen LogP contribution in [0.1, 0.15) is 12.5 Å². The van der Waals surface area contributed by atoms with Gasteiger partial charge in [0.05, 0.1) is 14.6 Å². The van der Waals surface area contributed by atoms with Crippen LogP contribution in [0.25, 0.3) is 6.08 Å². The van der Waals surface area contributed by atoms with E-state index < -0.39 is 21.5 Å². The van der Waals surface area contributed by atoms with Gasteiger partial charge in [0, 0.05) is 18.7 Å². The average Bonchev–Trinajstić information content (AvgIpc) is 2.15. The van der Waals surface area contributed by atoms with Gasteiger partial charge < -0.3 is 0 Å². The lowest BCUT2D eigenvalue weighted by Gasteiger charge is -2.08. The van der Waals surface area contributed by atoms with Crippen LogP contribution in [0.2, 0.25) is 0 Å². The van der Waals surface area contributed by atoms with E-state index >= 15 is 0 Å². The molecule has 0 fully saturated rings. The first kappa shape index (κ1) is 12.6. The normalized spacial score (nSPS) is 13.9. The highest BCUT2D eigenvalue weighted by atomic mass is 32.2. The molecule has 0 spiro atoms. The Morgan fingerprint density at radius 2 is 2.19 bits per heavy atom. The van der Waals surface area contributed by atoms with Crippen LogP contribution in [0.15, 0.2) is 34.0 Å². The third kappa shape index (κ3) is 2.55. The minimum atomic E-state index is -2.91. The number of nitrogens with zero attached hydrogens (tertiary/aromatic N) is 1. The van der Waals surface area contributed by atoms with Gasteiger partial charge in [-0.15, -0.1) is 0 Å². The fourth-order valence-corrected chi connectivity index (χ4v) is 2.85. The molecule has 0 aliphatic rings. The largest absolute Gasteiger partial charge is 0.272 e. The van der Waals surface area contributed by atoms with Crippen molar-refractivity contribution in [3.05, 3.63) is 36.2 Å². The summed E-state index contributed by atoms with van der Waals surface area (Å²) in [5, 5.41) is 0. The summed E-state index contributed by atoms with van der Waals surface area (Å²) in [4.78, 5) is 11.0. The van der Waals surface area contributed by atoms with E-state index in [9.17, 15) is 13.4 Å². The number of hydrogen-bond donors (Lipinski definition) is 0. The van der Waals surface area contributed by atoms with Gasteiger partial charge >= 0.3 is 0 Å². The number of halogens is 1. The molecule has 0 bridgehead atoms. The van der Waals surface area contributed by atoms with E-state index in [1.807, 2.05) is 0 Å². The molecule has 0 aliphatic heterocycles. The Labute approximate surface area is 94.2 Å². The van der Waals surface area contributed by atoms with Crippen LogP contribution in [0.5, 0.6) is 0 Å². The van der Waals surface area contributed by atoms with E-state index in [-0.39, 0.29) is 10.5 Å². The van der Waals surface area contributed by atoms with Crippen molar-refractivity contribution in [1.82, 2.24) is 0 Å². The quantitative estimate of drug-likeness (QED) is 0.798. The third-order valence-corrected chi connectivity index (χ3v) is 3.71. The molecule has 1 aromatic carbocycles. The molecule has 1 atom stereocenters. The number of carbonyl (C=O) groups is 1. The first-order valence-corrected chi connectivity index (χ1v) is 6.44. The molecule has 86 valence electrons. The Hall–Kier alpha value is -1.49. The van der Waals surface area contributed by atoms with Crippen LogP contribution in [-0.4, -0.2) is 16.4 Å². The van der Waals surface area contributed by atoms with E-state index in [0.717, 1.165) is 0 Å². The Morgan fingerprint density at radius 1 is 1.56 bits per heavy atom. The molecule has 16 heavy (non-hydrogen) atoms. The van der Waals surface area contributed by atoms with E-state index in [4.69, 9.17) is 0 Å². The van der Waals surface area contributed by atoms with E-state index in [1.54, 1.807) is 0 Å². The summed E-state index contributed by atoms with van der Waals surface area (Å²) in [6.07, 6.45) is 2.57. The van der Waals surface area contributed by atoms with Crippen LogP contribution < -0.4 is 0 Å². The number of rotatable bonds is 2. The molecule has 0 saturated heterocycles. The topological polar surface area (TPSA) is 46.5 Å². The summed E-state index contributed by atoms with van der Waals surface area (Å²) < 4.78 is 29.0. The van der Waals surface area contributed by atoms with Crippen molar-refractivity contribution in [3.63, 3.8) is 0 Å². The second-order valence-electron chi connectivity index (χ2n) is 3.27. The van der Waals surface area contributed by atoms with Gasteiger partial charge in [-0.05, 0) is 12.1 Å². The molecule has 3 nitrogen and oxygen atoms in total. The molecule has 1 unspecified atom stereocenters. The molecule has 0 heterocycles. The van der Waals surface area contributed by atoms with Crippen molar-refractivity contribution >= 4 is 21.7 Å². The molecule has 1 amide bonds. The lowest BCUT2D eigenvalue weighted by Crippen LogP contribution is -2.04. The monoisotopic (exact) mass is 241 g/mol. The minimum Gasteiger partial charge on any atom is -0.272 e. The van der Waals surface area contributed by atoms with Crippen molar-refractivity contribution in [2.24, 2.45) is 4.36 Å². The van der Waals surface area contributed by atoms with Gasteiger partial charge in [0.1, 0.15) is 5.82 Å². The van der Waals surface area contributed by atoms with Crippen LogP contribution in [0.4, 0.5) is 4.39 Å². The zero-order valence-electron chi connectivity index (χ0n) is 9.07. The number of carbonyl (C=O) groups excluding carboxylic acids is 1. The number of hydrogen-bond acceptors (Lipinski definition) is 2. The Balaban J connectivity index is 3.57. The van der Waals surface area contributed by atoms with Gasteiger partial charge in [0.2, 0.25) is 0 Å². The molecule has 0 radical (unpaired) electrons. The Morgan fingerprint density at radius 3 is 2.69 bits per heavy atom. The maximum absolute atomic E-state index is 13.4. The maximum Gasteiger partial charge on any atom is 0.250 e. The fraction of sp³-hybridized carbons (Fsp3) is 0.182. The van der Waals surface area contributed by atoms with Crippen LogP contribution in [0.3, 0.4) is 0 Å². The Bertz CT molecular complexity index is 557. The summed E-state index contributed by atoms with van der Waals surface area (Å²) >= 11 is 0. The smallest absolute Gasteiger partial charge is 0.250 e. The summed E-state index contributed by atoms with van der Waals surface area (Å²) in [5.41, 5.74) is 0.125. The minimum absolute atomic E-state index is 0.125. The van der Waals surface area contributed by atoms with Gasteiger partial charge in [-0.25, -0.2) is 8.60 Å². The Kier molecular flexibility index (Phi) is 3.59. The maximum atomic E-state index is 13.4. The van der Waals surface area contributed by atoms with Crippen molar-refractivity contribution in [3.8, 4) is 0 Å². The summed E-state index contributed by atoms with van der Waals surface area (Å²) in [5.74, 6) is -1.08. The fourth-order valence-electron chi connectivity index (χ4n) is 1.34. The predicted octanol–water partition coefficient (Wildman–Crippen LogP) is 2.47. The first-order valence-electron chi connectivity index (χ1n) is 4.52. The highest BCUT2D eigenvalue weighted by Gasteiger charge is 2.14. The molecule has 1 aromatic rings. The molecular formula is C11H12FNO2S. The highest BCUT2D eigenvalue weighted by molar-refractivity contribution is 7.93. The van der Waals surface area contributed by atoms with Gasteiger partial charge in [-0.2, -0.15) is 4.36 Å². The van der Waals surface area contributed by atoms with Crippen molar-refractivity contribution in [1.29, 1.82) is 0 Å². The second-order valence-corrected chi connectivity index (χ2v) is 5.50. The molecule has 1 rings (SSSR count). The zero-order valence-corrected chi connectivity index (χ0v) is 9.88. The zero-order chi connectivity index (χ0) is 12.3. The van der Waals surface area contributed by atoms with E-state index in [1.165, 1.54) is 37.5 Å². The molecule has 0 saturated carbocycles. The number of amides is 1. The SMILES string of the molecule is C=Cc1c(F)cccc1S(C)(=O)=NC(C)=O. The lowest BCUT2D eigenvalue weighted by molar-refractivity contribution is -0.115.